The molecule has 1 amide bonds. The fourth-order valence-corrected chi connectivity index (χ4v) is 1.47. The molecule has 4 heteroatoms. The molecule has 0 radical (unpaired) electrons. The number of anilines is 1. The van der Waals surface area contributed by atoms with Crippen LogP contribution < -0.4 is 15.4 Å². The lowest BCUT2D eigenvalue weighted by atomic mass is 10.2. The summed E-state index contributed by atoms with van der Waals surface area (Å²) < 4.78 is 5.48. The van der Waals surface area contributed by atoms with Gasteiger partial charge in [0.1, 0.15) is 5.75 Å². The predicted molar refractivity (Wildman–Crippen MR) is 78.6 cm³/mol. The van der Waals surface area contributed by atoms with Crippen molar-refractivity contribution in [1.82, 2.24) is 5.32 Å². The van der Waals surface area contributed by atoms with Gasteiger partial charge >= 0.3 is 0 Å². The Balaban J connectivity index is 2.37. The average Bonchev–Trinajstić information content (AvgIpc) is 2.44. The molecule has 0 saturated heterocycles. The Kier molecular flexibility index (Phi) is 6.97. The SMILES string of the molecule is CCCOc1ccc(NC(=O)CNC(C)CC)cc1. The molecule has 1 aromatic carbocycles. The Labute approximate surface area is 115 Å². The summed E-state index contributed by atoms with van der Waals surface area (Å²) in [5.74, 6) is 0.806. The van der Waals surface area contributed by atoms with Gasteiger partial charge in [-0.3, -0.25) is 4.79 Å². The lowest BCUT2D eigenvalue weighted by molar-refractivity contribution is -0.115. The molecule has 19 heavy (non-hydrogen) atoms. The summed E-state index contributed by atoms with van der Waals surface area (Å²) in [6, 6.07) is 7.80. The maximum Gasteiger partial charge on any atom is 0.238 e. The average molecular weight is 264 g/mol. The number of nitrogens with one attached hydrogen (secondary N) is 2. The van der Waals surface area contributed by atoms with Crippen LogP contribution in [0.15, 0.2) is 24.3 Å². The van der Waals surface area contributed by atoms with E-state index in [1.165, 1.54) is 0 Å². The van der Waals surface area contributed by atoms with Gasteiger partial charge < -0.3 is 15.4 Å². The van der Waals surface area contributed by atoms with Gasteiger partial charge in [-0.05, 0) is 44.0 Å². The smallest absolute Gasteiger partial charge is 0.238 e. The first-order valence-corrected chi connectivity index (χ1v) is 6.91. The Bertz CT molecular complexity index is 376. The molecule has 1 rings (SSSR count). The third kappa shape index (κ3) is 6.25. The first-order valence-electron chi connectivity index (χ1n) is 6.91. The van der Waals surface area contributed by atoms with Gasteiger partial charge in [0.25, 0.3) is 0 Å². The number of hydrogen-bond acceptors (Lipinski definition) is 3. The summed E-state index contributed by atoms with van der Waals surface area (Å²) in [6.45, 7) is 7.27. The lowest BCUT2D eigenvalue weighted by Crippen LogP contribution is -2.33. The number of benzene rings is 1. The highest BCUT2D eigenvalue weighted by Gasteiger charge is 2.04. The largest absolute Gasteiger partial charge is 0.494 e. The summed E-state index contributed by atoms with van der Waals surface area (Å²) in [5.41, 5.74) is 0.791. The Hall–Kier alpha value is -1.55. The standard InChI is InChI=1S/C15H24N2O2/c1-4-10-19-14-8-6-13(7-9-14)17-15(18)11-16-12(3)5-2/h6-9,12,16H,4-5,10-11H2,1-3H3,(H,17,18). The second kappa shape index (κ2) is 8.53. The number of rotatable bonds is 8. The summed E-state index contributed by atoms with van der Waals surface area (Å²) in [4.78, 5) is 11.7. The lowest BCUT2D eigenvalue weighted by Gasteiger charge is -2.11. The van der Waals surface area contributed by atoms with Gasteiger partial charge in [-0.15, -0.1) is 0 Å². The molecule has 2 N–H and O–H groups in total. The molecule has 0 aliphatic carbocycles. The summed E-state index contributed by atoms with van der Waals surface area (Å²) in [7, 11) is 0. The van der Waals surface area contributed by atoms with E-state index < -0.39 is 0 Å². The number of carbonyl (C=O) groups is 1. The van der Waals surface area contributed by atoms with E-state index in [1.54, 1.807) is 0 Å². The van der Waals surface area contributed by atoms with E-state index in [1.807, 2.05) is 24.3 Å². The molecule has 0 spiro atoms. The van der Waals surface area contributed by atoms with Crippen molar-refractivity contribution < 1.29 is 9.53 Å². The fraction of sp³-hybridized carbons (Fsp3) is 0.533. The molecule has 1 atom stereocenters. The molecule has 0 heterocycles. The van der Waals surface area contributed by atoms with Crippen LogP contribution in [0.2, 0.25) is 0 Å². The fourth-order valence-electron chi connectivity index (χ4n) is 1.47. The molecule has 1 unspecified atom stereocenters. The van der Waals surface area contributed by atoms with Gasteiger partial charge in [0.2, 0.25) is 5.91 Å². The first-order chi connectivity index (χ1) is 9.15. The molecule has 0 saturated carbocycles. The molecule has 0 aliphatic heterocycles. The van der Waals surface area contributed by atoms with Gasteiger partial charge in [0, 0.05) is 11.7 Å². The van der Waals surface area contributed by atoms with E-state index in [-0.39, 0.29) is 5.91 Å². The van der Waals surface area contributed by atoms with Gasteiger partial charge in [0.15, 0.2) is 0 Å². The van der Waals surface area contributed by atoms with E-state index in [2.05, 4.69) is 31.4 Å². The number of hydrogen-bond donors (Lipinski definition) is 2. The molecule has 4 nitrogen and oxygen atoms in total. The van der Waals surface area contributed by atoms with Crippen molar-refractivity contribution in [2.24, 2.45) is 0 Å². The molecular formula is C15H24N2O2. The highest BCUT2D eigenvalue weighted by Crippen LogP contribution is 2.15. The number of amides is 1. The van der Waals surface area contributed by atoms with Crippen LogP contribution in [0.1, 0.15) is 33.6 Å². The number of ether oxygens (including phenoxy) is 1. The van der Waals surface area contributed by atoms with Crippen LogP contribution in [-0.2, 0) is 4.79 Å². The summed E-state index contributed by atoms with van der Waals surface area (Å²) >= 11 is 0. The second-order valence-electron chi connectivity index (χ2n) is 4.61. The third-order valence-electron chi connectivity index (χ3n) is 2.83. The minimum atomic E-state index is -0.0254. The topological polar surface area (TPSA) is 50.4 Å². The van der Waals surface area contributed by atoms with Gasteiger partial charge in [0.05, 0.1) is 13.2 Å². The van der Waals surface area contributed by atoms with E-state index in [4.69, 9.17) is 4.74 Å². The molecule has 0 aromatic heterocycles. The van der Waals surface area contributed by atoms with E-state index in [9.17, 15) is 4.79 Å². The van der Waals surface area contributed by atoms with Gasteiger partial charge in [-0.2, -0.15) is 0 Å². The van der Waals surface area contributed by atoms with Crippen molar-refractivity contribution in [2.75, 3.05) is 18.5 Å². The normalized spacial score (nSPS) is 11.9. The maximum atomic E-state index is 11.7. The summed E-state index contributed by atoms with van der Waals surface area (Å²) in [6.07, 6.45) is 2.00. The van der Waals surface area contributed by atoms with Crippen LogP contribution in [-0.4, -0.2) is 25.1 Å². The van der Waals surface area contributed by atoms with Crippen molar-refractivity contribution in [3.8, 4) is 5.75 Å². The van der Waals surface area contributed by atoms with Crippen LogP contribution in [0, 0.1) is 0 Å². The van der Waals surface area contributed by atoms with Crippen LogP contribution in [0.5, 0.6) is 5.75 Å². The molecule has 1 aromatic rings. The van der Waals surface area contributed by atoms with E-state index in [0.29, 0.717) is 19.2 Å². The predicted octanol–water partition coefficient (Wildman–Crippen LogP) is 2.80. The highest BCUT2D eigenvalue weighted by atomic mass is 16.5. The third-order valence-corrected chi connectivity index (χ3v) is 2.83. The quantitative estimate of drug-likeness (QED) is 0.759. The van der Waals surface area contributed by atoms with Crippen LogP contribution in [0.4, 0.5) is 5.69 Å². The second-order valence-corrected chi connectivity index (χ2v) is 4.61. The van der Waals surface area contributed by atoms with Crippen molar-refractivity contribution in [1.29, 1.82) is 0 Å². The Morgan fingerprint density at radius 3 is 2.53 bits per heavy atom. The van der Waals surface area contributed by atoms with Crippen molar-refractivity contribution in [3.05, 3.63) is 24.3 Å². The maximum absolute atomic E-state index is 11.7. The van der Waals surface area contributed by atoms with Gasteiger partial charge in [-0.1, -0.05) is 13.8 Å². The number of carbonyl (C=O) groups excluding carboxylic acids is 1. The van der Waals surface area contributed by atoms with Crippen molar-refractivity contribution in [3.63, 3.8) is 0 Å². The van der Waals surface area contributed by atoms with Crippen molar-refractivity contribution in [2.45, 2.75) is 39.7 Å². The van der Waals surface area contributed by atoms with Crippen LogP contribution >= 0.6 is 0 Å². The summed E-state index contributed by atoms with van der Waals surface area (Å²) in [5, 5.41) is 6.00. The zero-order valence-electron chi connectivity index (χ0n) is 12.0. The van der Waals surface area contributed by atoms with Crippen LogP contribution in [0.25, 0.3) is 0 Å². The van der Waals surface area contributed by atoms with Crippen molar-refractivity contribution >= 4 is 11.6 Å². The molecule has 0 fully saturated rings. The minimum Gasteiger partial charge on any atom is -0.494 e. The molecule has 106 valence electrons. The zero-order chi connectivity index (χ0) is 14.1. The molecule has 0 aliphatic rings. The van der Waals surface area contributed by atoms with E-state index in [0.717, 1.165) is 24.3 Å². The zero-order valence-corrected chi connectivity index (χ0v) is 12.0. The van der Waals surface area contributed by atoms with E-state index >= 15 is 0 Å². The van der Waals surface area contributed by atoms with Crippen LogP contribution in [0.3, 0.4) is 0 Å². The van der Waals surface area contributed by atoms with Gasteiger partial charge in [-0.25, -0.2) is 0 Å². The molecular weight excluding hydrogens is 240 g/mol. The monoisotopic (exact) mass is 264 g/mol. The Morgan fingerprint density at radius 1 is 1.26 bits per heavy atom. The Morgan fingerprint density at radius 2 is 1.95 bits per heavy atom. The minimum absolute atomic E-state index is 0.0254. The molecule has 0 bridgehead atoms. The first kappa shape index (κ1) is 15.5. The highest BCUT2D eigenvalue weighted by molar-refractivity contribution is 5.92.